The minimum Gasteiger partial charge on any atom is -0.346 e. The number of nitrogens with zero attached hydrogens (tertiary/aromatic N) is 1. The molecule has 0 saturated carbocycles. The average molecular weight is 340 g/mol. The molecule has 0 bridgehead atoms. The van der Waals surface area contributed by atoms with E-state index in [1.54, 1.807) is 11.9 Å². The molecule has 1 unspecified atom stereocenters. The average Bonchev–Trinajstić information content (AvgIpc) is 2.94. The molecule has 2 rings (SSSR count). The first kappa shape index (κ1) is 19.5. The lowest BCUT2D eigenvalue weighted by molar-refractivity contribution is -0.134. The maximum atomic E-state index is 12.3. The van der Waals surface area contributed by atoms with Gasteiger partial charge in [-0.1, -0.05) is 38.1 Å². The number of hydrogen-bond acceptors (Lipinski definition) is 3. The molecule has 5 nitrogen and oxygen atoms in total. The van der Waals surface area contributed by atoms with Gasteiger partial charge in [0.25, 0.3) is 0 Å². The van der Waals surface area contributed by atoms with Gasteiger partial charge in [-0.05, 0) is 29.9 Å². The van der Waals surface area contributed by atoms with Gasteiger partial charge in [-0.25, -0.2) is 0 Å². The molecule has 1 aliphatic carbocycles. The summed E-state index contributed by atoms with van der Waals surface area (Å²) in [7, 11) is 1.80. The van der Waals surface area contributed by atoms with E-state index in [0.717, 1.165) is 12.8 Å². The summed E-state index contributed by atoms with van der Waals surface area (Å²) >= 11 is 0. The standard InChI is InChI=1S/C17H25N3O2.ClH/c1-11(2)16(18)17(22)19-10-15(21)20(3)14-9-8-12-6-4-5-7-13(12)14;/h4-7,11,14,16H,8-10,18H2,1-3H3,(H,19,22);1H/t14?,16-;/m0./s1. The van der Waals surface area contributed by atoms with Crippen LogP contribution >= 0.6 is 12.4 Å². The Kier molecular flexibility index (Phi) is 7.03. The quantitative estimate of drug-likeness (QED) is 0.856. The largest absolute Gasteiger partial charge is 0.346 e. The maximum Gasteiger partial charge on any atom is 0.242 e. The minimum atomic E-state index is -0.578. The first-order valence-corrected chi connectivity index (χ1v) is 7.78. The van der Waals surface area contributed by atoms with Crippen molar-refractivity contribution in [2.45, 2.75) is 38.8 Å². The Morgan fingerprint density at radius 1 is 1.35 bits per heavy atom. The van der Waals surface area contributed by atoms with Crippen molar-refractivity contribution in [2.24, 2.45) is 11.7 Å². The zero-order valence-electron chi connectivity index (χ0n) is 13.9. The first-order valence-electron chi connectivity index (χ1n) is 7.78. The summed E-state index contributed by atoms with van der Waals surface area (Å²) in [5, 5.41) is 2.64. The van der Waals surface area contributed by atoms with Gasteiger partial charge in [0.1, 0.15) is 0 Å². The number of rotatable bonds is 5. The summed E-state index contributed by atoms with van der Waals surface area (Å²) < 4.78 is 0. The van der Waals surface area contributed by atoms with E-state index in [1.165, 1.54) is 11.1 Å². The molecule has 0 aliphatic heterocycles. The second-order valence-corrected chi connectivity index (χ2v) is 6.25. The number of likely N-dealkylation sites (N-methyl/N-ethyl adjacent to an activating group) is 1. The van der Waals surface area contributed by atoms with Crippen molar-refractivity contribution in [1.29, 1.82) is 0 Å². The molecule has 0 heterocycles. The van der Waals surface area contributed by atoms with Crippen molar-refractivity contribution in [1.82, 2.24) is 10.2 Å². The lowest BCUT2D eigenvalue weighted by Gasteiger charge is -2.26. The zero-order chi connectivity index (χ0) is 16.3. The van der Waals surface area contributed by atoms with Crippen LogP contribution in [0.5, 0.6) is 0 Å². The summed E-state index contributed by atoms with van der Waals surface area (Å²) in [4.78, 5) is 25.9. The van der Waals surface area contributed by atoms with Crippen molar-refractivity contribution < 1.29 is 9.59 Å². The third kappa shape index (κ3) is 4.45. The van der Waals surface area contributed by atoms with E-state index < -0.39 is 6.04 Å². The van der Waals surface area contributed by atoms with Crippen molar-refractivity contribution in [3.63, 3.8) is 0 Å². The normalized spacial score (nSPS) is 17.2. The number of hydrogen-bond donors (Lipinski definition) is 2. The second-order valence-electron chi connectivity index (χ2n) is 6.25. The molecule has 1 aromatic carbocycles. The van der Waals surface area contributed by atoms with Gasteiger partial charge in [-0.15, -0.1) is 12.4 Å². The van der Waals surface area contributed by atoms with E-state index in [1.807, 2.05) is 26.0 Å². The molecule has 6 heteroatoms. The van der Waals surface area contributed by atoms with Gasteiger partial charge in [0.2, 0.25) is 11.8 Å². The fraction of sp³-hybridized carbons (Fsp3) is 0.529. The molecule has 3 N–H and O–H groups in total. The Bertz CT molecular complexity index is 563. The Morgan fingerprint density at radius 2 is 2.00 bits per heavy atom. The Labute approximate surface area is 144 Å². The molecule has 128 valence electrons. The molecule has 1 aliphatic rings. The van der Waals surface area contributed by atoms with Crippen molar-refractivity contribution in [3.8, 4) is 0 Å². The maximum absolute atomic E-state index is 12.3. The Hall–Kier alpha value is -1.59. The summed E-state index contributed by atoms with van der Waals surface area (Å²) in [6, 6.07) is 7.72. The van der Waals surface area contributed by atoms with E-state index in [4.69, 9.17) is 5.73 Å². The molecule has 0 spiro atoms. The van der Waals surface area contributed by atoms with Crippen LogP contribution in [0.3, 0.4) is 0 Å². The highest BCUT2D eigenvalue weighted by Gasteiger charge is 2.28. The summed E-state index contributed by atoms with van der Waals surface area (Å²) in [6.45, 7) is 3.76. The smallest absolute Gasteiger partial charge is 0.242 e. The van der Waals surface area contributed by atoms with E-state index in [2.05, 4.69) is 17.4 Å². The van der Waals surface area contributed by atoms with E-state index in [-0.39, 0.29) is 42.7 Å². The van der Waals surface area contributed by atoms with Gasteiger partial charge in [-0.3, -0.25) is 9.59 Å². The molecule has 1 aromatic rings. The molecule has 0 saturated heterocycles. The first-order chi connectivity index (χ1) is 10.4. The highest BCUT2D eigenvalue weighted by atomic mass is 35.5. The molecule has 0 aromatic heterocycles. The van der Waals surface area contributed by atoms with Gasteiger partial charge in [-0.2, -0.15) is 0 Å². The van der Waals surface area contributed by atoms with Crippen LogP contribution < -0.4 is 11.1 Å². The van der Waals surface area contributed by atoms with Crippen LogP contribution in [0.1, 0.15) is 37.4 Å². The van der Waals surface area contributed by atoms with Gasteiger partial charge >= 0.3 is 0 Å². The van der Waals surface area contributed by atoms with Crippen LogP contribution in [0.2, 0.25) is 0 Å². The van der Waals surface area contributed by atoms with Crippen LogP contribution in [0.25, 0.3) is 0 Å². The summed E-state index contributed by atoms with van der Waals surface area (Å²) in [5.41, 5.74) is 8.29. The Balaban J connectivity index is 0.00000264. The van der Waals surface area contributed by atoms with Gasteiger partial charge < -0.3 is 16.0 Å². The van der Waals surface area contributed by atoms with Crippen molar-refractivity contribution in [2.75, 3.05) is 13.6 Å². The predicted octanol–water partition coefficient (Wildman–Crippen LogP) is 1.65. The number of fused-ring (bicyclic) bond motifs is 1. The number of carbonyl (C=O) groups excluding carboxylic acids is 2. The van der Waals surface area contributed by atoms with Crippen LogP contribution in [0, 0.1) is 5.92 Å². The lowest BCUT2D eigenvalue weighted by atomic mass is 10.1. The van der Waals surface area contributed by atoms with Crippen molar-refractivity contribution in [3.05, 3.63) is 35.4 Å². The molecule has 2 atom stereocenters. The fourth-order valence-electron chi connectivity index (χ4n) is 2.82. The van der Waals surface area contributed by atoms with E-state index in [0.29, 0.717) is 0 Å². The summed E-state index contributed by atoms with van der Waals surface area (Å²) in [5.74, 6) is -0.316. The fourth-order valence-corrected chi connectivity index (χ4v) is 2.82. The highest BCUT2D eigenvalue weighted by molar-refractivity contribution is 5.87. The Morgan fingerprint density at radius 3 is 2.65 bits per heavy atom. The van der Waals surface area contributed by atoms with Crippen LogP contribution in [0.15, 0.2) is 24.3 Å². The lowest BCUT2D eigenvalue weighted by Crippen LogP contribution is -2.47. The monoisotopic (exact) mass is 339 g/mol. The van der Waals surface area contributed by atoms with Crippen LogP contribution in [-0.2, 0) is 16.0 Å². The number of benzene rings is 1. The van der Waals surface area contributed by atoms with Crippen LogP contribution in [0.4, 0.5) is 0 Å². The second kappa shape index (κ2) is 8.31. The molecule has 0 fully saturated rings. The third-order valence-corrected chi connectivity index (χ3v) is 4.40. The number of nitrogens with one attached hydrogen (secondary N) is 1. The van der Waals surface area contributed by atoms with Crippen LogP contribution in [-0.4, -0.2) is 36.3 Å². The van der Waals surface area contributed by atoms with Gasteiger partial charge in [0.15, 0.2) is 0 Å². The number of carbonyl (C=O) groups is 2. The molecule has 2 amide bonds. The number of halogens is 1. The molecular weight excluding hydrogens is 314 g/mol. The SMILES string of the molecule is CC(C)[C@H](N)C(=O)NCC(=O)N(C)C1CCc2ccccc21.Cl. The van der Waals surface area contributed by atoms with Crippen molar-refractivity contribution >= 4 is 24.2 Å². The highest BCUT2D eigenvalue weighted by Crippen LogP contribution is 2.34. The summed E-state index contributed by atoms with van der Waals surface area (Å²) in [6.07, 6.45) is 1.92. The zero-order valence-corrected chi connectivity index (χ0v) is 14.7. The molecular formula is C17H26ClN3O2. The number of nitrogens with two attached hydrogens (primary N) is 1. The number of amides is 2. The molecule has 0 radical (unpaired) electrons. The third-order valence-electron chi connectivity index (χ3n) is 4.40. The topological polar surface area (TPSA) is 75.4 Å². The predicted molar refractivity (Wildman–Crippen MR) is 93.3 cm³/mol. The minimum absolute atomic E-state index is 0. The van der Waals surface area contributed by atoms with E-state index >= 15 is 0 Å². The number of aryl methyl sites for hydroxylation is 1. The van der Waals surface area contributed by atoms with Gasteiger partial charge in [0, 0.05) is 7.05 Å². The van der Waals surface area contributed by atoms with E-state index in [9.17, 15) is 9.59 Å². The molecule has 23 heavy (non-hydrogen) atoms. The van der Waals surface area contributed by atoms with Gasteiger partial charge in [0.05, 0.1) is 18.6 Å².